The normalized spacial score (nSPS) is 11.2. The lowest BCUT2D eigenvalue weighted by Gasteiger charge is -2.13. The predicted molar refractivity (Wildman–Crippen MR) is 107 cm³/mol. The van der Waals surface area contributed by atoms with Crippen LogP contribution in [0.4, 0.5) is 0 Å². The van der Waals surface area contributed by atoms with Crippen molar-refractivity contribution in [2.24, 2.45) is 4.99 Å². The lowest BCUT2D eigenvalue weighted by molar-refractivity contribution is 0.0992. The van der Waals surface area contributed by atoms with Gasteiger partial charge in [-0.25, -0.2) is 0 Å². The first-order valence-corrected chi connectivity index (χ1v) is 8.65. The quantitative estimate of drug-likeness (QED) is 0.516. The minimum atomic E-state index is -0.596. The molecule has 1 aromatic heterocycles. The van der Waals surface area contributed by atoms with E-state index < -0.39 is 11.5 Å². The van der Waals surface area contributed by atoms with E-state index in [-0.39, 0.29) is 11.4 Å². The van der Waals surface area contributed by atoms with Crippen LogP contribution in [0, 0.1) is 0 Å². The number of aromatic nitrogens is 2. The van der Waals surface area contributed by atoms with E-state index in [2.05, 4.69) is 10.1 Å². The van der Waals surface area contributed by atoms with E-state index in [1.807, 2.05) is 12.1 Å². The molecule has 0 aliphatic carbocycles. The van der Waals surface area contributed by atoms with Gasteiger partial charge in [-0.3, -0.25) is 9.59 Å². The van der Waals surface area contributed by atoms with Gasteiger partial charge in [0.05, 0.1) is 11.8 Å². The number of ether oxygens (including phenoxy) is 1. The molecule has 2 aromatic carbocycles. The number of carbonyl (C=O) groups excluding carboxylic acids is 1. The molecule has 7 nitrogen and oxygen atoms in total. The molecule has 0 saturated carbocycles. The Hall–Kier alpha value is -3.74. The molecule has 1 amide bonds. The number of rotatable bonds is 4. The standard InChI is InChI=1S/C21H20N4O3/c1-15(24(2)3)22-21(27)20-18(28-17-12-8-5-9-13-17)14-19(26)25(23-20)16-10-6-4-7-11-16/h4-14H,1-3H3. The summed E-state index contributed by atoms with van der Waals surface area (Å²) in [5.74, 6) is 0.462. The van der Waals surface area contributed by atoms with E-state index in [1.165, 1.54) is 6.07 Å². The molecule has 0 atom stereocenters. The molecule has 3 rings (SSSR count). The van der Waals surface area contributed by atoms with E-state index >= 15 is 0 Å². The summed E-state index contributed by atoms with van der Waals surface area (Å²) in [5, 5.41) is 4.25. The Balaban J connectivity index is 2.13. The van der Waals surface area contributed by atoms with Crippen molar-refractivity contribution in [2.75, 3.05) is 14.1 Å². The van der Waals surface area contributed by atoms with Crippen LogP contribution < -0.4 is 10.3 Å². The summed E-state index contributed by atoms with van der Waals surface area (Å²) in [6, 6.07) is 19.0. The Morgan fingerprint density at radius 2 is 1.64 bits per heavy atom. The van der Waals surface area contributed by atoms with E-state index in [9.17, 15) is 9.59 Å². The molecule has 3 aromatic rings. The molecule has 0 N–H and O–H groups in total. The van der Waals surface area contributed by atoms with Gasteiger partial charge < -0.3 is 9.64 Å². The first-order chi connectivity index (χ1) is 13.5. The maximum absolute atomic E-state index is 12.8. The number of aliphatic imine (C=N–C) groups is 1. The molecule has 0 radical (unpaired) electrons. The maximum atomic E-state index is 12.8. The number of carbonyl (C=O) groups is 1. The van der Waals surface area contributed by atoms with Crippen LogP contribution in [0.15, 0.2) is 76.5 Å². The fraction of sp³-hybridized carbons (Fsp3) is 0.143. The summed E-state index contributed by atoms with van der Waals surface area (Å²) in [5.41, 5.74) is 0.0802. The van der Waals surface area contributed by atoms with E-state index in [4.69, 9.17) is 4.74 Å². The molecule has 142 valence electrons. The van der Waals surface area contributed by atoms with Gasteiger partial charge in [0.1, 0.15) is 11.6 Å². The van der Waals surface area contributed by atoms with Crippen LogP contribution in [-0.2, 0) is 0 Å². The summed E-state index contributed by atoms with van der Waals surface area (Å²) >= 11 is 0. The van der Waals surface area contributed by atoms with Crippen LogP contribution in [0.1, 0.15) is 17.4 Å². The smallest absolute Gasteiger partial charge is 0.302 e. The van der Waals surface area contributed by atoms with Gasteiger partial charge >= 0.3 is 5.91 Å². The van der Waals surface area contributed by atoms with Crippen LogP contribution in [0.5, 0.6) is 11.5 Å². The maximum Gasteiger partial charge on any atom is 0.302 e. The summed E-state index contributed by atoms with van der Waals surface area (Å²) in [4.78, 5) is 31.2. The van der Waals surface area contributed by atoms with Crippen LogP contribution in [-0.4, -0.2) is 40.5 Å². The molecule has 0 fully saturated rings. The zero-order chi connectivity index (χ0) is 20.1. The first-order valence-electron chi connectivity index (χ1n) is 8.65. The monoisotopic (exact) mass is 376 g/mol. The van der Waals surface area contributed by atoms with Crippen LogP contribution >= 0.6 is 0 Å². The predicted octanol–water partition coefficient (Wildman–Crippen LogP) is 3.15. The highest BCUT2D eigenvalue weighted by Gasteiger charge is 2.19. The van der Waals surface area contributed by atoms with Crippen molar-refractivity contribution >= 4 is 11.7 Å². The number of amides is 1. The summed E-state index contributed by atoms with van der Waals surface area (Å²) < 4.78 is 6.92. The van der Waals surface area contributed by atoms with E-state index in [1.54, 1.807) is 74.4 Å². The largest absolute Gasteiger partial charge is 0.455 e. The lowest BCUT2D eigenvalue weighted by atomic mass is 10.3. The number of amidine groups is 1. The van der Waals surface area contributed by atoms with Gasteiger partial charge in [-0.1, -0.05) is 36.4 Å². The molecular formula is C21H20N4O3. The van der Waals surface area contributed by atoms with Crippen LogP contribution in [0.2, 0.25) is 0 Å². The lowest BCUT2D eigenvalue weighted by Crippen LogP contribution is -2.25. The molecule has 0 spiro atoms. The molecule has 0 saturated heterocycles. The van der Waals surface area contributed by atoms with Crippen molar-refractivity contribution in [3.05, 3.63) is 82.8 Å². The summed E-state index contributed by atoms with van der Waals surface area (Å²) in [6.07, 6.45) is 0. The van der Waals surface area contributed by atoms with Crippen molar-refractivity contribution in [1.82, 2.24) is 14.7 Å². The zero-order valence-corrected chi connectivity index (χ0v) is 15.9. The van der Waals surface area contributed by atoms with Gasteiger partial charge in [0.25, 0.3) is 5.56 Å². The highest BCUT2D eigenvalue weighted by atomic mass is 16.5. The molecule has 0 aliphatic rings. The Morgan fingerprint density at radius 3 is 2.25 bits per heavy atom. The molecule has 0 unspecified atom stereocenters. The Kier molecular flexibility index (Phi) is 5.64. The van der Waals surface area contributed by atoms with Crippen LogP contribution in [0.25, 0.3) is 5.69 Å². The molecule has 28 heavy (non-hydrogen) atoms. The third-order valence-electron chi connectivity index (χ3n) is 3.98. The molecule has 7 heteroatoms. The third-order valence-corrected chi connectivity index (χ3v) is 3.98. The van der Waals surface area contributed by atoms with Crippen molar-refractivity contribution < 1.29 is 9.53 Å². The fourth-order valence-electron chi connectivity index (χ4n) is 2.34. The second-order valence-electron chi connectivity index (χ2n) is 6.22. The number of nitrogens with zero attached hydrogens (tertiary/aromatic N) is 4. The molecule has 0 aliphatic heterocycles. The third kappa shape index (κ3) is 4.32. The molecular weight excluding hydrogens is 356 g/mol. The highest BCUT2D eigenvalue weighted by Crippen LogP contribution is 2.23. The van der Waals surface area contributed by atoms with Gasteiger partial charge in [0, 0.05) is 14.1 Å². The van der Waals surface area contributed by atoms with Crippen molar-refractivity contribution in [1.29, 1.82) is 0 Å². The SMILES string of the molecule is CC(=NC(=O)c1nn(-c2ccccc2)c(=O)cc1Oc1ccccc1)N(C)C. The van der Waals surface area contributed by atoms with Crippen molar-refractivity contribution in [3.8, 4) is 17.2 Å². The highest BCUT2D eigenvalue weighted by molar-refractivity contribution is 6.02. The Bertz CT molecular complexity index is 1060. The van der Waals surface area contributed by atoms with Crippen LogP contribution in [0.3, 0.4) is 0 Å². The average Bonchev–Trinajstić information content (AvgIpc) is 2.69. The number of benzene rings is 2. The molecule has 0 bridgehead atoms. The van der Waals surface area contributed by atoms with Gasteiger partial charge in [-0.15, -0.1) is 0 Å². The Labute approximate surface area is 162 Å². The average molecular weight is 376 g/mol. The van der Waals surface area contributed by atoms with E-state index in [0.29, 0.717) is 17.3 Å². The van der Waals surface area contributed by atoms with E-state index in [0.717, 1.165) is 4.68 Å². The first kappa shape index (κ1) is 19.0. The second-order valence-corrected chi connectivity index (χ2v) is 6.22. The van der Waals surface area contributed by atoms with Gasteiger partial charge in [-0.2, -0.15) is 14.8 Å². The fourth-order valence-corrected chi connectivity index (χ4v) is 2.34. The van der Waals surface area contributed by atoms with Gasteiger partial charge in [0.2, 0.25) is 0 Å². The summed E-state index contributed by atoms with van der Waals surface area (Å²) in [6.45, 7) is 1.71. The minimum Gasteiger partial charge on any atom is -0.455 e. The van der Waals surface area contributed by atoms with Crippen molar-refractivity contribution in [3.63, 3.8) is 0 Å². The topological polar surface area (TPSA) is 76.8 Å². The van der Waals surface area contributed by atoms with Gasteiger partial charge in [0.15, 0.2) is 11.4 Å². The second kappa shape index (κ2) is 8.30. The van der Waals surface area contributed by atoms with Crippen molar-refractivity contribution in [2.45, 2.75) is 6.92 Å². The zero-order valence-electron chi connectivity index (χ0n) is 15.9. The minimum absolute atomic E-state index is 0.0477. The number of hydrogen-bond acceptors (Lipinski definition) is 4. The summed E-state index contributed by atoms with van der Waals surface area (Å²) in [7, 11) is 3.57. The molecule has 1 heterocycles. The number of hydrogen-bond donors (Lipinski definition) is 0. The Morgan fingerprint density at radius 1 is 1.04 bits per heavy atom. The van der Waals surface area contributed by atoms with Gasteiger partial charge in [-0.05, 0) is 31.2 Å². The number of para-hydroxylation sites is 2.